The highest BCUT2D eigenvalue weighted by Crippen LogP contribution is 2.34. The van der Waals surface area contributed by atoms with E-state index in [0.29, 0.717) is 13.2 Å². The van der Waals surface area contributed by atoms with Gasteiger partial charge in [-0.3, -0.25) is 4.84 Å². The zero-order valence-corrected chi connectivity index (χ0v) is 9.82. The highest BCUT2D eigenvalue weighted by Gasteiger charge is 2.23. The predicted octanol–water partition coefficient (Wildman–Crippen LogP) is -0.718. The van der Waals surface area contributed by atoms with E-state index in [1.54, 1.807) is 6.08 Å². The second-order valence-corrected chi connectivity index (χ2v) is 4.06. The Kier molecular flexibility index (Phi) is 11.3. The van der Waals surface area contributed by atoms with Crippen LogP contribution in [-0.2, 0) is 14.1 Å². The molecule has 0 radical (unpaired) electrons. The summed E-state index contributed by atoms with van der Waals surface area (Å²) in [6, 6.07) is 0. The molecule has 0 aliphatic rings. The molecule has 0 saturated heterocycles. The number of carbonyl (C=O) groups is 1. The van der Waals surface area contributed by atoms with Crippen LogP contribution in [0, 0.1) is 0 Å². The molecule has 0 saturated carbocycles. The lowest BCUT2D eigenvalue weighted by Gasteiger charge is -2.09. The first kappa shape index (κ1) is 18.6. The number of rotatable bonds is 7. The molecule has 0 aliphatic carbocycles. The quantitative estimate of drug-likeness (QED) is 0.174. The molecule has 1 atom stereocenters. The molecular formula is C7H16NO8P. The molecular weight excluding hydrogens is 257 g/mol. The molecule has 0 aliphatic heterocycles. The SMILES string of the molecule is C=CCOC[C@H](CO)ON.O=C(O)P(=O)(O)O. The van der Waals surface area contributed by atoms with Crippen LogP contribution in [-0.4, -0.2) is 51.6 Å². The number of nitrogens with two attached hydrogens (primary N) is 1. The molecule has 0 unspecified atom stereocenters. The maximum atomic E-state index is 9.43. The van der Waals surface area contributed by atoms with Crippen LogP contribution in [0.4, 0.5) is 4.79 Å². The van der Waals surface area contributed by atoms with E-state index in [9.17, 15) is 9.36 Å². The van der Waals surface area contributed by atoms with Crippen molar-refractivity contribution in [2.75, 3.05) is 19.8 Å². The molecule has 102 valence electrons. The van der Waals surface area contributed by atoms with E-state index in [1.807, 2.05) is 0 Å². The van der Waals surface area contributed by atoms with Crippen molar-refractivity contribution in [2.45, 2.75) is 6.10 Å². The average molecular weight is 273 g/mol. The van der Waals surface area contributed by atoms with E-state index in [-0.39, 0.29) is 6.61 Å². The van der Waals surface area contributed by atoms with Crippen LogP contribution in [0.2, 0.25) is 0 Å². The Labute approximate surface area is 97.6 Å². The molecule has 0 amide bonds. The minimum absolute atomic E-state index is 0.131. The first-order valence-electron chi connectivity index (χ1n) is 4.23. The summed E-state index contributed by atoms with van der Waals surface area (Å²) in [7, 11) is -4.82. The summed E-state index contributed by atoms with van der Waals surface area (Å²) in [4.78, 5) is 28.8. The third kappa shape index (κ3) is 13.1. The number of aliphatic hydroxyl groups is 1. The van der Waals surface area contributed by atoms with E-state index in [2.05, 4.69) is 11.4 Å². The molecule has 0 fully saturated rings. The number of aliphatic hydroxyl groups excluding tert-OH is 1. The summed E-state index contributed by atoms with van der Waals surface area (Å²) in [6.45, 7) is 4.05. The number of ether oxygens (including phenoxy) is 1. The third-order valence-electron chi connectivity index (χ3n) is 1.18. The largest absolute Gasteiger partial charge is 0.472 e. The van der Waals surface area contributed by atoms with Gasteiger partial charge in [-0.1, -0.05) is 6.08 Å². The van der Waals surface area contributed by atoms with Gasteiger partial charge < -0.3 is 24.7 Å². The van der Waals surface area contributed by atoms with Gasteiger partial charge >= 0.3 is 13.3 Å². The van der Waals surface area contributed by atoms with Crippen molar-refractivity contribution < 1.29 is 38.9 Å². The van der Waals surface area contributed by atoms with E-state index in [0.717, 1.165) is 0 Å². The second kappa shape index (κ2) is 10.4. The van der Waals surface area contributed by atoms with Gasteiger partial charge in [0.15, 0.2) is 0 Å². The van der Waals surface area contributed by atoms with Crippen molar-refractivity contribution in [1.29, 1.82) is 0 Å². The molecule has 10 heteroatoms. The van der Waals surface area contributed by atoms with Crippen LogP contribution in [0.5, 0.6) is 0 Å². The summed E-state index contributed by atoms with van der Waals surface area (Å²) in [6.07, 6.45) is 1.19. The fourth-order valence-electron chi connectivity index (χ4n) is 0.418. The van der Waals surface area contributed by atoms with Crippen LogP contribution in [0.25, 0.3) is 0 Å². The fraction of sp³-hybridized carbons (Fsp3) is 0.571. The van der Waals surface area contributed by atoms with Crippen molar-refractivity contribution in [3.05, 3.63) is 12.7 Å². The van der Waals surface area contributed by atoms with Gasteiger partial charge in [0.2, 0.25) is 0 Å². The van der Waals surface area contributed by atoms with E-state index in [1.165, 1.54) is 0 Å². The summed E-state index contributed by atoms with van der Waals surface area (Å²) < 4.78 is 14.4. The molecule has 0 bridgehead atoms. The Bertz CT molecular complexity index is 261. The minimum Gasteiger partial charge on any atom is -0.472 e. The summed E-state index contributed by atoms with van der Waals surface area (Å²) in [5.74, 6) is 4.80. The molecule has 6 N–H and O–H groups in total. The lowest BCUT2D eigenvalue weighted by atomic mass is 10.4. The highest BCUT2D eigenvalue weighted by atomic mass is 31.2. The van der Waals surface area contributed by atoms with Gasteiger partial charge in [-0.25, -0.2) is 15.3 Å². The van der Waals surface area contributed by atoms with Gasteiger partial charge in [0.1, 0.15) is 6.10 Å². The van der Waals surface area contributed by atoms with Gasteiger partial charge in [0.25, 0.3) is 0 Å². The first-order chi connectivity index (χ1) is 7.79. The Morgan fingerprint density at radius 1 is 1.53 bits per heavy atom. The molecule has 0 rings (SSSR count). The summed E-state index contributed by atoms with van der Waals surface area (Å²) in [5.41, 5.74) is -2.09. The van der Waals surface area contributed by atoms with Crippen molar-refractivity contribution in [2.24, 2.45) is 5.90 Å². The molecule has 9 nitrogen and oxygen atoms in total. The lowest BCUT2D eigenvalue weighted by Crippen LogP contribution is -2.26. The van der Waals surface area contributed by atoms with Gasteiger partial charge in [-0.05, 0) is 0 Å². The zero-order valence-electron chi connectivity index (χ0n) is 8.93. The second-order valence-electron chi connectivity index (χ2n) is 2.59. The number of hydrogen-bond acceptors (Lipinski definition) is 6. The highest BCUT2D eigenvalue weighted by molar-refractivity contribution is 7.69. The summed E-state index contributed by atoms with van der Waals surface area (Å²) >= 11 is 0. The maximum absolute atomic E-state index is 9.43. The molecule has 0 heterocycles. The Balaban J connectivity index is 0. The topological polar surface area (TPSA) is 160 Å². The van der Waals surface area contributed by atoms with Crippen molar-refractivity contribution in [3.8, 4) is 0 Å². The maximum Gasteiger partial charge on any atom is 0.433 e. The Morgan fingerprint density at radius 3 is 2.24 bits per heavy atom. The fourth-order valence-corrected chi connectivity index (χ4v) is 0.418. The van der Waals surface area contributed by atoms with Crippen LogP contribution >= 0.6 is 7.60 Å². The van der Waals surface area contributed by atoms with Crippen molar-refractivity contribution in [3.63, 3.8) is 0 Å². The predicted molar refractivity (Wildman–Crippen MR) is 57.2 cm³/mol. The average Bonchev–Trinajstić information content (AvgIpc) is 2.24. The standard InChI is InChI=1S/C6H13NO3.CH3O5P/c1-2-3-9-5-6(4-8)10-7;2-1(3)7(4,5)6/h2,6,8H,1,3-5,7H2;(H,2,3)(H2,4,5,6)/t6-;/m0./s1. The van der Waals surface area contributed by atoms with Gasteiger partial charge in [-0.15, -0.1) is 6.58 Å². The van der Waals surface area contributed by atoms with Crippen LogP contribution in [0.3, 0.4) is 0 Å². The number of hydrogen-bond donors (Lipinski definition) is 5. The normalized spacial score (nSPS) is 12.2. The Morgan fingerprint density at radius 2 is 2.00 bits per heavy atom. The summed E-state index contributed by atoms with van der Waals surface area (Å²) in [5, 5.41) is 16.0. The van der Waals surface area contributed by atoms with Gasteiger partial charge in [0.05, 0.1) is 19.8 Å². The number of carboxylic acid groups (broad SMARTS) is 1. The molecule has 0 spiro atoms. The van der Waals surface area contributed by atoms with E-state index < -0.39 is 19.4 Å². The molecule has 0 aromatic rings. The molecule has 0 aromatic heterocycles. The first-order valence-corrected chi connectivity index (χ1v) is 5.84. The monoisotopic (exact) mass is 273 g/mol. The minimum atomic E-state index is -4.82. The van der Waals surface area contributed by atoms with Crippen LogP contribution < -0.4 is 5.90 Å². The van der Waals surface area contributed by atoms with Crippen LogP contribution in [0.1, 0.15) is 0 Å². The third-order valence-corrected chi connectivity index (χ3v) is 1.68. The smallest absolute Gasteiger partial charge is 0.433 e. The van der Waals surface area contributed by atoms with Crippen LogP contribution in [0.15, 0.2) is 12.7 Å². The molecule has 0 aromatic carbocycles. The van der Waals surface area contributed by atoms with Gasteiger partial charge in [0, 0.05) is 0 Å². The van der Waals surface area contributed by atoms with Crippen molar-refractivity contribution in [1.82, 2.24) is 0 Å². The van der Waals surface area contributed by atoms with E-state index >= 15 is 0 Å². The van der Waals surface area contributed by atoms with Gasteiger partial charge in [-0.2, -0.15) is 0 Å². The van der Waals surface area contributed by atoms with E-state index in [4.69, 9.17) is 30.6 Å². The molecule has 17 heavy (non-hydrogen) atoms. The Hall–Kier alpha value is -0.800. The lowest BCUT2D eigenvalue weighted by molar-refractivity contribution is -0.0386. The zero-order chi connectivity index (χ0) is 13.9. The van der Waals surface area contributed by atoms with Crippen molar-refractivity contribution >= 4 is 13.3 Å².